The molecule has 0 fully saturated rings. The van der Waals surface area contributed by atoms with E-state index in [2.05, 4.69) is 15.3 Å². The second-order valence-corrected chi connectivity index (χ2v) is 6.53. The van der Waals surface area contributed by atoms with Crippen LogP contribution in [0.25, 0.3) is 10.9 Å². The SMILES string of the molecule is CCOc1cc(C(Nc2ccccn2)c2ccc3cccnc3c2O)ccc1O. The van der Waals surface area contributed by atoms with Crippen LogP contribution in [0.1, 0.15) is 24.1 Å². The van der Waals surface area contributed by atoms with Crippen LogP contribution in [0, 0.1) is 0 Å². The van der Waals surface area contributed by atoms with Crippen LogP contribution in [0.4, 0.5) is 5.82 Å². The zero-order chi connectivity index (χ0) is 20.2. The lowest BCUT2D eigenvalue weighted by Gasteiger charge is -2.22. The van der Waals surface area contributed by atoms with Gasteiger partial charge < -0.3 is 20.3 Å². The summed E-state index contributed by atoms with van der Waals surface area (Å²) in [6.45, 7) is 2.29. The normalized spacial score (nSPS) is 11.9. The highest BCUT2D eigenvalue weighted by atomic mass is 16.5. The largest absolute Gasteiger partial charge is 0.505 e. The Labute approximate surface area is 168 Å². The van der Waals surface area contributed by atoms with Crippen molar-refractivity contribution < 1.29 is 14.9 Å². The average Bonchev–Trinajstić information content (AvgIpc) is 2.75. The second-order valence-electron chi connectivity index (χ2n) is 6.53. The Kier molecular flexibility index (Phi) is 5.16. The molecule has 0 aliphatic heterocycles. The summed E-state index contributed by atoms with van der Waals surface area (Å²) in [5, 5.41) is 25.3. The predicted molar refractivity (Wildman–Crippen MR) is 112 cm³/mol. The Bertz CT molecular complexity index is 1130. The van der Waals surface area contributed by atoms with Crippen molar-refractivity contribution in [2.75, 3.05) is 11.9 Å². The molecule has 0 radical (unpaired) electrons. The van der Waals surface area contributed by atoms with Crippen molar-refractivity contribution in [1.82, 2.24) is 9.97 Å². The minimum Gasteiger partial charge on any atom is -0.505 e. The molecule has 2 heterocycles. The highest BCUT2D eigenvalue weighted by Gasteiger charge is 2.21. The monoisotopic (exact) mass is 387 g/mol. The number of rotatable bonds is 6. The molecule has 6 nitrogen and oxygen atoms in total. The Morgan fingerprint density at radius 2 is 1.83 bits per heavy atom. The van der Waals surface area contributed by atoms with Gasteiger partial charge in [-0.2, -0.15) is 0 Å². The maximum absolute atomic E-state index is 11.0. The van der Waals surface area contributed by atoms with Crippen LogP contribution in [0.2, 0.25) is 0 Å². The van der Waals surface area contributed by atoms with Crippen molar-refractivity contribution in [1.29, 1.82) is 0 Å². The van der Waals surface area contributed by atoms with Gasteiger partial charge in [-0.3, -0.25) is 4.98 Å². The Balaban J connectivity index is 1.85. The number of fused-ring (bicyclic) bond motifs is 1. The number of aromatic hydroxyl groups is 2. The van der Waals surface area contributed by atoms with Gasteiger partial charge in [-0.15, -0.1) is 0 Å². The number of nitrogens with zero attached hydrogens (tertiary/aromatic N) is 2. The molecule has 0 amide bonds. The summed E-state index contributed by atoms with van der Waals surface area (Å²) >= 11 is 0. The molecule has 4 rings (SSSR count). The molecule has 0 saturated carbocycles. The van der Waals surface area contributed by atoms with Crippen LogP contribution in [0.15, 0.2) is 73.1 Å². The van der Waals surface area contributed by atoms with E-state index in [1.54, 1.807) is 30.6 Å². The molecule has 0 bridgehead atoms. The Hall–Kier alpha value is -3.80. The number of hydrogen-bond donors (Lipinski definition) is 3. The highest BCUT2D eigenvalue weighted by Crippen LogP contribution is 2.38. The molecule has 2 aromatic carbocycles. The van der Waals surface area contributed by atoms with E-state index in [0.29, 0.717) is 29.3 Å². The average molecular weight is 387 g/mol. The van der Waals surface area contributed by atoms with Gasteiger partial charge in [0.15, 0.2) is 11.5 Å². The van der Waals surface area contributed by atoms with Gasteiger partial charge in [-0.05, 0) is 42.8 Å². The van der Waals surface area contributed by atoms with Gasteiger partial charge in [0, 0.05) is 23.3 Å². The number of anilines is 1. The highest BCUT2D eigenvalue weighted by molar-refractivity contribution is 5.86. The van der Waals surface area contributed by atoms with E-state index < -0.39 is 6.04 Å². The number of phenolic OH excluding ortho intramolecular Hbond substituents is 2. The number of ether oxygens (including phenoxy) is 1. The van der Waals surface area contributed by atoms with E-state index in [1.807, 2.05) is 49.4 Å². The molecule has 3 N–H and O–H groups in total. The molecule has 6 heteroatoms. The fourth-order valence-corrected chi connectivity index (χ4v) is 3.30. The third kappa shape index (κ3) is 3.78. The van der Waals surface area contributed by atoms with Crippen molar-refractivity contribution in [3.63, 3.8) is 0 Å². The van der Waals surface area contributed by atoms with Crippen molar-refractivity contribution in [3.05, 3.63) is 84.2 Å². The Morgan fingerprint density at radius 3 is 2.62 bits per heavy atom. The van der Waals surface area contributed by atoms with Crippen molar-refractivity contribution >= 4 is 16.7 Å². The van der Waals surface area contributed by atoms with Crippen LogP contribution in [0.5, 0.6) is 17.2 Å². The van der Waals surface area contributed by atoms with Crippen LogP contribution in [0.3, 0.4) is 0 Å². The van der Waals surface area contributed by atoms with Gasteiger partial charge in [-0.1, -0.05) is 30.3 Å². The van der Waals surface area contributed by atoms with Crippen LogP contribution in [-0.4, -0.2) is 26.8 Å². The summed E-state index contributed by atoms with van der Waals surface area (Å²) in [5.41, 5.74) is 1.99. The molecular formula is C23H21N3O3. The van der Waals surface area contributed by atoms with E-state index in [0.717, 1.165) is 10.9 Å². The fourth-order valence-electron chi connectivity index (χ4n) is 3.30. The van der Waals surface area contributed by atoms with Gasteiger partial charge >= 0.3 is 0 Å². The third-order valence-electron chi connectivity index (χ3n) is 4.66. The summed E-state index contributed by atoms with van der Waals surface area (Å²) in [6.07, 6.45) is 3.35. The zero-order valence-corrected chi connectivity index (χ0v) is 15.9. The summed E-state index contributed by atoms with van der Waals surface area (Å²) in [4.78, 5) is 8.68. The molecule has 1 unspecified atom stereocenters. The molecule has 0 spiro atoms. The number of aromatic nitrogens is 2. The first-order valence-corrected chi connectivity index (χ1v) is 9.37. The molecule has 4 aromatic rings. The van der Waals surface area contributed by atoms with Gasteiger partial charge in [0.2, 0.25) is 0 Å². The van der Waals surface area contributed by atoms with Crippen molar-refractivity contribution in [3.8, 4) is 17.2 Å². The maximum atomic E-state index is 11.0. The van der Waals surface area contributed by atoms with Crippen LogP contribution >= 0.6 is 0 Å². The first-order valence-electron chi connectivity index (χ1n) is 9.37. The van der Waals surface area contributed by atoms with Gasteiger partial charge in [0.05, 0.1) is 12.6 Å². The molecule has 0 aliphatic carbocycles. The lowest BCUT2D eigenvalue weighted by Crippen LogP contribution is -2.14. The summed E-state index contributed by atoms with van der Waals surface area (Å²) in [7, 11) is 0. The maximum Gasteiger partial charge on any atom is 0.161 e. The summed E-state index contributed by atoms with van der Waals surface area (Å²) in [5.74, 6) is 1.21. The van der Waals surface area contributed by atoms with E-state index in [9.17, 15) is 10.2 Å². The smallest absolute Gasteiger partial charge is 0.161 e. The standard InChI is InChI=1S/C23H21N3O3/c1-2-29-19-14-16(9-11-18(19)27)21(26-20-7-3-4-12-24-20)17-10-8-15-6-5-13-25-22(15)23(17)28/h3-14,21,27-28H,2H2,1H3,(H,24,26). The molecule has 146 valence electrons. The molecule has 0 aliphatic rings. The number of phenols is 2. The van der Waals surface area contributed by atoms with Crippen molar-refractivity contribution in [2.45, 2.75) is 13.0 Å². The number of hydrogen-bond acceptors (Lipinski definition) is 6. The minimum atomic E-state index is -0.434. The zero-order valence-electron chi connectivity index (χ0n) is 15.9. The first-order chi connectivity index (χ1) is 14.2. The van der Waals surface area contributed by atoms with Crippen LogP contribution in [-0.2, 0) is 0 Å². The lowest BCUT2D eigenvalue weighted by atomic mass is 9.96. The van der Waals surface area contributed by atoms with E-state index in [4.69, 9.17) is 4.74 Å². The lowest BCUT2D eigenvalue weighted by molar-refractivity contribution is 0.317. The second kappa shape index (κ2) is 8.06. The van der Waals surface area contributed by atoms with Crippen LogP contribution < -0.4 is 10.1 Å². The minimum absolute atomic E-state index is 0.0663. The van der Waals surface area contributed by atoms with Gasteiger partial charge in [0.1, 0.15) is 17.1 Å². The van der Waals surface area contributed by atoms with Crippen molar-refractivity contribution in [2.24, 2.45) is 0 Å². The number of pyridine rings is 2. The van der Waals surface area contributed by atoms with E-state index in [1.165, 1.54) is 0 Å². The predicted octanol–water partition coefficient (Wildman–Crippen LogP) is 4.64. The number of benzene rings is 2. The molecule has 1 atom stereocenters. The topological polar surface area (TPSA) is 87.5 Å². The van der Waals surface area contributed by atoms with E-state index in [-0.39, 0.29) is 11.5 Å². The van der Waals surface area contributed by atoms with Gasteiger partial charge in [-0.25, -0.2) is 4.98 Å². The van der Waals surface area contributed by atoms with E-state index >= 15 is 0 Å². The summed E-state index contributed by atoms with van der Waals surface area (Å²) < 4.78 is 5.55. The summed E-state index contributed by atoms with van der Waals surface area (Å²) in [6, 6.07) is 17.8. The molecule has 29 heavy (non-hydrogen) atoms. The molecular weight excluding hydrogens is 366 g/mol. The Morgan fingerprint density at radius 1 is 0.966 bits per heavy atom. The van der Waals surface area contributed by atoms with Gasteiger partial charge in [0.25, 0.3) is 0 Å². The quantitative estimate of drug-likeness (QED) is 0.447. The number of nitrogens with one attached hydrogen (secondary N) is 1. The molecule has 2 aromatic heterocycles. The first kappa shape index (κ1) is 18.6. The third-order valence-corrected chi connectivity index (χ3v) is 4.66. The molecule has 0 saturated heterocycles. The fraction of sp³-hybridized carbons (Fsp3) is 0.130.